The fraction of sp³-hybridized carbons (Fsp3) is 0.300. The molecule has 2 aromatic heterocycles. The average Bonchev–Trinajstić information content (AvgIpc) is 3.03. The highest BCUT2D eigenvalue weighted by Crippen LogP contribution is 2.31. The number of pyridine rings is 1. The third kappa shape index (κ3) is 4.13. The van der Waals surface area contributed by atoms with E-state index >= 15 is 0 Å². The lowest BCUT2D eigenvalue weighted by Gasteiger charge is -2.33. The zero-order valence-corrected chi connectivity index (χ0v) is 15.7. The van der Waals surface area contributed by atoms with E-state index in [2.05, 4.69) is 20.6 Å². The second kappa shape index (κ2) is 7.31. The fourth-order valence-corrected chi connectivity index (χ4v) is 3.47. The molecule has 152 valence electrons. The van der Waals surface area contributed by atoms with Crippen molar-refractivity contribution in [2.75, 3.05) is 28.6 Å². The molecule has 0 atom stereocenters. The van der Waals surface area contributed by atoms with Gasteiger partial charge < -0.3 is 20.5 Å². The number of aromatic nitrogens is 2. The maximum atomic E-state index is 13.5. The molecule has 0 aliphatic carbocycles. The van der Waals surface area contributed by atoms with Crippen molar-refractivity contribution in [3.8, 4) is 0 Å². The normalized spacial score (nSPS) is 16.1. The molecule has 1 fully saturated rings. The standard InChI is InChI=1S/C20H20F3N5O/c1-12-8-14(10-25-18(12)28-6-4-20(22,23)5-7-28)27-19(29)26-13-2-3-15-16(21)11-24-17(15)9-13/h2-3,8-11,24H,4-7H2,1H3,(H2,26,27,29). The van der Waals surface area contributed by atoms with Crippen LogP contribution in [0.2, 0.25) is 0 Å². The van der Waals surface area contributed by atoms with Gasteiger partial charge in [0.1, 0.15) is 11.6 Å². The molecule has 3 N–H and O–H groups in total. The quantitative estimate of drug-likeness (QED) is 0.583. The number of nitrogens with zero attached hydrogens (tertiary/aromatic N) is 2. The van der Waals surface area contributed by atoms with Gasteiger partial charge in [-0.05, 0) is 36.8 Å². The minimum absolute atomic E-state index is 0.189. The number of urea groups is 1. The number of nitrogens with one attached hydrogen (secondary N) is 3. The van der Waals surface area contributed by atoms with Gasteiger partial charge in [-0.2, -0.15) is 0 Å². The molecule has 0 spiro atoms. The van der Waals surface area contributed by atoms with E-state index in [1.54, 1.807) is 24.3 Å². The summed E-state index contributed by atoms with van der Waals surface area (Å²) >= 11 is 0. The van der Waals surface area contributed by atoms with E-state index in [0.717, 1.165) is 5.56 Å². The Kier molecular flexibility index (Phi) is 4.81. The van der Waals surface area contributed by atoms with Crippen molar-refractivity contribution in [2.24, 2.45) is 0 Å². The number of benzene rings is 1. The van der Waals surface area contributed by atoms with Crippen molar-refractivity contribution in [1.29, 1.82) is 0 Å². The van der Waals surface area contributed by atoms with Gasteiger partial charge in [0.2, 0.25) is 0 Å². The lowest BCUT2D eigenvalue weighted by Crippen LogP contribution is -2.40. The molecule has 1 saturated heterocycles. The predicted octanol–water partition coefficient (Wildman–Crippen LogP) is 4.89. The van der Waals surface area contributed by atoms with Crippen LogP contribution in [-0.4, -0.2) is 35.0 Å². The number of aryl methyl sites for hydroxylation is 1. The number of alkyl halides is 2. The summed E-state index contributed by atoms with van der Waals surface area (Å²) in [5.74, 6) is -2.32. The first kappa shape index (κ1) is 19.1. The third-order valence-corrected chi connectivity index (χ3v) is 4.99. The molecule has 3 heterocycles. The Labute approximate surface area is 165 Å². The Balaban J connectivity index is 1.41. The summed E-state index contributed by atoms with van der Waals surface area (Å²) in [6, 6.07) is 6.11. The number of H-pyrrole nitrogens is 1. The number of rotatable bonds is 3. The molecule has 29 heavy (non-hydrogen) atoms. The molecule has 2 amide bonds. The Morgan fingerprint density at radius 1 is 1.17 bits per heavy atom. The number of anilines is 3. The van der Waals surface area contributed by atoms with Crippen LogP contribution in [-0.2, 0) is 0 Å². The molecular weight excluding hydrogens is 383 g/mol. The summed E-state index contributed by atoms with van der Waals surface area (Å²) in [5, 5.41) is 5.82. The molecule has 0 unspecified atom stereocenters. The molecule has 1 aliphatic rings. The van der Waals surface area contributed by atoms with Gasteiger partial charge in [0.15, 0.2) is 0 Å². The second-order valence-electron chi connectivity index (χ2n) is 7.18. The molecule has 3 aromatic rings. The van der Waals surface area contributed by atoms with Gasteiger partial charge in [-0.1, -0.05) is 0 Å². The van der Waals surface area contributed by atoms with Crippen molar-refractivity contribution in [1.82, 2.24) is 9.97 Å². The number of aromatic amines is 1. The van der Waals surface area contributed by atoms with Crippen LogP contribution >= 0.6 is 0 Å². The van der Waals surface area contributed by atoms with E-state index in [1.807, 2.05) is 11.8 Å². The number of piperidine rings is 1. The fourth-order valence-electron chi connectivity index (χ4n) is 3.47. The minimum atomic E-state index is -2.61. The number of carbonyl (C=O) groups is 1. The van der Waals surface area contributed by atoms with Gasteiger partial charge in [0, 0.05) is 43.2 Å². The van der Waals surface area contributed by atoms with Crippen molar-refractivity contribution in [3.05, 3.63) is 48.0 Å². The van der Waals surface area contributed by atoms with E-state index in [0.29, 0.717) is 28.1 Å². The highest BCUT2D eigenvalue weighted by Gasteiger charge is 2.34. The van der Waals surface area contributed by atoms with Crippen LogP contribution < -0.4 is 15.5 Å². The molecule has 0 saturated carbocycles. The number of carbonyl (C=O) groups excluding carboxylic acids is 1. The topological polar surface area (TPSA) is 73.0 Å². The van der Waals surface area contributed by atoms with E-state index in [1.165, 1.54) is 12.4 Å². The van der Waals surface area contributed by atoms with E-state index in [9.17, 15) is 18.0 Å². The summed E-state index contributed by atoms with van der Waals surface area (Å²) in [5.41, 5.74) is 2.36. The molecule has 4 rings (SSSR count). The van der Waals surface area contributed by atoms with Gasteiger partial charge >= 0.3 is 6.03 Å². The second-order valence-corrected chi connectivity index (χ2v) is 7.18. The van der Waals surface area contributed by atoms with Gasteiger partial charge in [-0.15, -0.1) is 0 Å². The third-order valence-electron chi connectivity index (χ3n) is 4.99. The first-order valence-electron chi connectivity index (χ1n) is 9.25. The monoisotopic (exact) mass is 403 g/mol. The SMILES string of the molecule is Cc1cc(NC(=O)Nc2ccc3c(F)c[nH]c3c2)cnc1N1CCC(F)(F)CC1. The summed E-state index contributed by atoms with van der Waals surface area (Å²) < 4.78 is 40.2. The van der Waals surface area contributed by atoms with Crippen LogP contribution in [0.1, 0.15) is 18.4 Å². The van der Waals surface area contributed by atoms with Crippen molar-refractivity contribution < 1.29 is 18.0 Å². The highest BCUT2D eigenvalue weighted by atomic mass is 19.3. The Bertz CT molecular complexity index is 1060. The lowest BCUT2D eigenvalue weighted by atomic mass is 10.1. The van der Waals surface area contributed by atoms with E-state index < -0.39 is 12.0 Å². The molecule has 9 heteroatoms. The van der Waals surface area contributed by atoms with Gasteiger partial charge in [0.05, 0.1) is 17.4 Å². The van der Waals surface area contributed by atoms with E-state index in [-0.39, 0.29) is 31.7 Å². The van der Waals surface area contributed by atoms with Gasteiger partial charge in [-0.3, -0.25) is 0 Å². The molecule has 0 radical (unpaired) electrons. The predicted molar refractivity (Wildman–Crippen MR) is 106 cm³/mol. The van der Waals surface area contributed by atoms with Crippen LogP contribution in [0.5, 0.6) is 0 Å². The number of amides is 2. The number of fused-ring (bicyclic) bond motifs is 1. The Morgan fingerprint density at radius 3 is 2.62 bits per heavy atom. The Morgan fingerprint density at radius 2 is 1.90 bits per heavy atom. The molecule has 1 aromatic carbocycles. The van der Waals surface area contributed by atoms with Crippen LogP contribution in [0.25, 0.3) is 10.9 Å². The van der Waals surface area contributed by atoms with Crippen LogP contribution in [0, 0.1) is 12.7 Å². The molecule has 1 aliphatic heterocycles. The molecule has 0 bridgehead atoms. The maximum Gasteiger partial charge on any atom is 0.323 e. The first-order valence-corrected chi connectivity index (χ1v) is 9.25. The van der Waals surface area contributed by atoms with Crippen molar-refractivity contribution in [2.45, 2.75) is 25.7 Å². The minimum Gasteiger partial charge on any atom is -0.358 e. The largest absolute Gasteiger partial charge is 0.358 e. The van der Waals surface area contributed by atoms with Crippen molar-refractivity contribution in [3.63, 3.8) is 0 Å². The smallest absolute Gasteiger partial charge is 0.323 e. The number of hydrogen-bond acceptors (Lipinski definition) is 3. The lowest BCUT2D eigenvalue weighted by molar-refractivity contribution is -0.0221. The number of hydrogen-bond donors (Lipinski definition) is 3. The van der Waals surface area contributed by atoms with Gasteiger partial charge in [0.25, 0.3) is 5.92 Å². The zero-order valence-electron chi connectivity index (χ0n) is 15.7. The van der Waals surface area contributed by atoms with Crippen molar-refractivity contribution >= 4 is 34.1 Å². The highest BCUT2D eigenvalue weighted by molar-refractivity contribution is 6.01. The summed E-state index contributed by atoms with van der Waals surface area (Å²) in [4.78, 5) is 21.2. The first-order chi connectivity index (χ1) is 13.8. The molecular formula is C20H20F3N5O. The van der Waals surface area contributed by atoms with E-state index in [4.69, 9.17) is 0 Å². The van der Waals surface area contributed by atoms with Gasteiger partial charge in [-0.25, -0.2) is 22.9 Å². The summed E-state index contributed by atoms with van der Waals surface area (Å²) in [7, 11) is 0. The molecule has 6 nitrogen and oxygen atoms in total. The zero-order chi connectivity index (χ0) is 20.6. The summed E-state index contributed by atoms with van der Waals surface area (Å²) in [6.45, 7) is 2.32. The van der Waals surface area contributed by atoms with Crippen LogP contribution in [0.15, 0.2) is 36.7 Å². The van der Waals surface area contributed by atoms with Crippen LogP contribution in [0.4, 0.5) is 35.2 Å². The summed E-state index contributed by atoms with van der Waals surface area (Å²) in [6.07, 6.45) is 2.38. The maximum absolute atomic E-state index is 13.5. The Hall–Kier alpha value is -3.23. The van der Waals surface area contributed by atoms with Crippen LogP contribution in [0.3, 0.4) is 0 Å². The number of halogens is 3. The average molecular weight is 403 g/mol.